The van der Waals surface area contributed by atoms with E-state index in [0.717, 1.165) is 15.0 Å². The number of benzene rings is 1. The van der Waals surface area contributed by atoms with Crippen LogP contribution >= 0.6 is 15.9 Å². The third kappa shape index (κ3) is 3.18. The minimum atomic E-state index is -0.585. The zero-order chi connectivity index (χ0) is 10.6. The molecule has 0 heterocycles. The lowest BCUT2D eigenvalue weighted by atomic mass is 10.2. The number of amides is 2. The van der Waals surface area contributed by atoms with Crippen molar-refractivity contribution in [1.82, 2.24) is 5.01 Å². The highest BCUT2D eigenvalue weighted by atomic mass is 79.9. The maximum absolute atomic E-state index is 10.6. The number of hydrazone groups is 1. The first-order chi connectivity index (χ1) is 6.59. The van der Waals surface area contributed by atoms with Crippen molar-refractivity contribution in [2.45, 2.75) is 0 Å². The van der Waals surface area contributed by atoms with E-state index in [0.29, 0.717) is 0 Å². The molecular formula is C9H10BrN3O. The van der Waals surface area contributed by atoms with Gasteiger partial charge in [-0.1, -0.05) is 28.1 Å². The van der Waals surface area contributed by atoms with Crippen molar-refractivity contribution in [1.29, 1.82) is 0 Å². The van der Waals surface area contributed by atoms with Crippen LogP contribution in [-0.2, 0) is 0 Å². The van der Waals surface area contributed by atoms with Gasteiger partial charge in [-0.3, -0.25) is 0 Å². The summed E-state index contributed by atoms with van der Waals surface area (Å²) in [4.78, 5) is 10.6. The lowest BCUT2D eigenvalue weighted by molar-refractivity contribution is 0.220. The second-order valence-corrected chi connectivity index (χ2v) is 3.57. The van der Waals surface area contributed by atoms with Crippen LogP contribution in [0.1, 0.15) is 5.56 Å². The number of hydrogen-bond acceptors (Lipinski definition) is 2. The Bertz CT molecular complexity index is 348. The number of carbonyl (C=O) groups is 1. The molecule has 0 bridgehead atoms. The molecule has 0 aliphatic carbocycles. The Kier molecular flexibility index (Phi) is 3.64. The molecule has 1 rings (SSSR count). The number of urea groups is 1. The zero-order valence-corrected chi connectivity index (χ0v) is 9.23. The maximum Gasteiger partial charge on any atom is 0.334 e. The Morgan fingerprint density at radius 2 is 2.07 bits per heavy atom. The fourth-order valence-electron chi connectivity index (χ4n) is 0.759. The van der Waals surface area contributed by atoms with Crippen molar-refractivity contribution in [2.24, 2.45) is 10.8 Å². The van der Waals surface area contributed by atoms with Crippen LogP contribution in [0.15, 0.2) is 33.8 Å². The van der Waals surface area contributed by atoms with Crippen LogP contribution < -0.4 is 5.73 Å². The average Bonchev–Trinajstić information content (AvgIpc) is 2.16. The van der Waals surface area contributed by atoms with E-state index in [2.05, 4.69) is 21.0 Å². The Labute approximate surface area is 90.5 Å². The summed E-state index contributed by atoms with van der Waals surface area (Å²) >= 11 is 3.32. The molecule has 0 saturated carbocycles. The monoisotopic (exact) mass is 255 g/mol. The minimum Gasteiger partial charge on any atom is -0.350 e. The van der Waals surface area contributed by atoms with Gasteiger partial charge < -0.3 is 5.73 Å². The second kappa shape index (κ2) is 4.76. The summed E-state index contributed by atoms with van der Waals surface area (Å²) in [5.41, 5.74) is 5.89. The number of rotatable bonds is 2. The van der Waals surface area contributed by atoms with Gasteiger partial charge in [0.1, 0.15) is 0 Å². The van der Waals surface area contributed by atoms with Crippen molar-refractivity contribution in [3.05, 3.63) is 34.3 Å². The van der Waals surface area contributed by atoms with Gasteiger partial charge in [0.15, 0.2) is 0 Å². The Balaban J connectivity index is 2.69. The van der Waals surface area contributed by atoms with Crippen LogP contribution in [0.4, 0.5) is 4.79 Å². The smallest absolute Gasteiger partial charge is 0.334 e. The van der Waals surface area contributed by atoms with Crippen molar-refractivity contribution >= 4 is 28.2 Å². The van der Waals surface area contributed by atoms with Gasteiger partial charge in [-0.15, -0.1) is 0 Å². The van der Waals surface area contributed by atoms with Crippen LogP contribution in [0.3, 0.4) is 0 Å². The third-order valence-corrected chi connectivity index (χ3v) is 2.10. The normalized spacial score (nSPS) is 10.4. The fraction of sp³-hybridized carbons (Fsp3) is 0.111. The van der Waals surface area contributed by atoms with Crippen molar-refractivity contribution in [2.75, 3.05) is 7.05 Å². The van der Waals surface area contributed by atoms with Crippen LogP contribution in [0.2, 0.25) is 0 Å². The summed E-state index contributed by atoms with van der Waals surface area (Å²) in [5.74, 6) is 0. The lowest BCUT2D eigenvalue weighted by Gasteiger charge is -2.05. The average molecular weight is 256 g/mol. The first-order valence-electron chi connectivity index (χ1n) is 3.92. The highest BCUT2D eigenvalue weighted by Crippen LogP contribution is 2.09. The lowest BCUT2D eigenvalue weighted by Crippen LogP contribution is -2.27. The molecule has 0 aromatic heterocycles. The third-order valence-electron chi connectivity index (χ3n) is 1.57. The molecule has 0 unspecified atom stereocenters. The molecule has 14 heavy (non-hydrogen) atoms. The Morgan fingerprint density at radius 1 is 1.50 bits per heavy atom. The Hall–Kier alpha value is -1.36. The predicted molar refractivity (Wildman–Crippen MR) is 59.1 cm³/mol. The van der Waals surface area contributed by atoms with E-state index in [1.807, 2.05) is 24.3 Å². The van der Waals surface area contributed by atoms with Gasteiger partial charge >= 0.3 is 6.03 Å². The molecule has 1 aromatic carbocycles. The van der Waals surface area contributed by atoms with Crippen LogP contribution in [0.5, 0.6) is 0 Å². The number of halogens is 1. The number of carbonyl (C=O) groups excluding carboxylic acids is 1. The van der Waals surface area contributed by atoms with E-state index in [1.54, 1.807) is 6.21 Å². The summed E-state index contributed by atoms with van der Waals surface area (Å²) < 4.78 is 0.998. The summed E-state index contributed by atoms with van der Waals surface area (Å²) in [5, 5.41) is 4.91. The molecular weight excluding hydrogens is 246 g/mol. The number of hydrogen-bond donors (Lipinski definition) is 1. The van der Waals surface area contributed by atoms with E-state index in [1.165, 1.54) is 7.05 Å². The molecule has 1 aromatic rings. The summed E-state index contributed by atoms with van der Waals surface area (Å²) in [6.45, 7) is 0. The number of nitrogens with zero attached hydrogens (tertiary/aromatic N) is 2. The molecule has 0 aliphatic heterocycles. The van der Waals surface area contributed by atoms with Crippen LogP contribution in [-0.4, -0.2) is 24.3 Å². The van der Waals surface area contributed by atoms with Gasteiger partial charge in [0.25, 0.3) is 0 Å². The van der Waals surface area contributed by atoms with Crippen molar-refractivity contribution in [3.63, 3.8) is 0 Å². The maximum atomic E-state index is 10.6. The molecule has 0 atom stereocenters. The van der Waals surface area contributed by atoms with Gasteiger partial charge in [-0.05, 0) is 17.7 Å². The molecule has 74 valence electrons. The summed E-state index contributed by atoms with van der Waals surface area (Å²) in [6, 6.07) is 6.96. The standard InChI is InChI=1S/C9H10BrN3O/c1-13(9(11)14)12-6-7-2-4-8(10)5-3-7/h2-6H,1H3,(H2,11,14)/b12-6-. The van der Waals surface area contributed by atoms with Crippen molar-refractivity contribution in [3.8, 4) is 0 Å². The molecule has 0 fully saturated rings. The van der Waals surface area contributed by atoms with E-state index < -0.39 is 6.03 Å². The molecule has 4 nitrogen and oxygen atoms in total. The summed E-state index contributed by atoms with van der Waals surface area (Å²) in [7, 11) is 1.50. The molecule has 0 spiro atoms. The molecule has 2 N–H and O–H groups in total. The van der Waals surface area contributed by atoms with E-state index in [-0.39, 0.29) is 0 Å². The van der Waals surface area contributed by atoms with Gasteiger partial charge in [-0.25, -0.2) is 9.80 Å². The Morgan fingerprint density at radius 3 is 2.57 bits per heavy atom. The minimum absolute atomic E-state index is 0.585. The highest BCUT2D eigenvalue weighted by Gasteiger charge is 1.97. The van der Waals surface area contributed by atoms with Crippen LogP contribution in [0, 0.1) is 0 Å². The van der Waals surface area contributed by atoms with Gasteiger partial charge in [0.2, 0.25) is 0 Å². The van der Waals surface area contributed by atoms with Crippen LogP contribution in [0.25, 0.3) is 0 Å². The van der Waals surface area contributed by atoms with Gasteiger partial charge in [-0.2, -0.15) is 5.10 Å². The SMILES string of the molecule is CN(/N=C\c1ccc(Br)cc1)C(N)=O. The van der Waals surface area contributed by atoms with E-state index >= 15 is 0 Å². The molecule has 0 aliphatic rings. The highest BCUT2D eigenvalue weighted by molar-refractivity contribution is 9.10. The number of primary amides is 1. The number of nitrogens with two attached hydrogens (primary N) is 1. The topological polar surface area (TPSA) is 58.7 Å². The van der Waals surface area contributed by atoms with Gasteiger partial charge in [0, 0.05) is 11.5 Å². The first-order valence-corrected chi connectivity index (χ1v) is 4.71. The fourth-order valence-corrected chi connectivity index (χ4v) is 1.02. The van der Waals surface area contributed by atoms with Gasteiger partial charge in [0.05, 0.1) is 6.21 Å². The second-order valence-electron chi connectivity index (χ2n) is 2.66. The van der Waals surface area contributed by atoms with E-state index in [4.69, 9.17) is 5.73 Å². The molecule has 0 radical (unpaired) electrons. The summed E-state index contributed by atoms with van der Waals surface area (Å²) in [6.07, 6.45) is 1.57. The quantitative estimate of drug-likeness (QED) is 0.636. The largest absolute Gasteiger partial charge is 0.350 e. The molecule has 5 heteroatoms. The van der Waals surface area contributed by atoms with Crippen molar-refractivity contribution < 1.29 is 4.79 Å². The molecule has 2 amide bonds. The molecule has 0 saturated heterocycles. The van der Waals surface area contributed by atoms with E-state index in [9.17, 15) is 4.79 Å². The predicted octanol–water partition coefficient (Wildman–Crippen LogP) is 1.79. The zero-order valence-electron chi connectivity index (χ0n) is 7.64. The first kappa shape index (κ1) is 10.7.